The molecule has 1 fully saturated rings. The molecule has 0 atom stereocenters. The summed E-state index contributed by atoms with van der Waals surface area (Å²) in [6, 6.07) is 6.74. The molecule has 7 nitrogen and oxygen atoms in total. The predicted molar refractivity (Wildman–Crippen MR) is 116 cm³/mol. The highest BCUT2D eigenvalue weighted by Crippen LogP contribution is 2.12. The summed E-state index contributed by atoms with van der Waals surface area (Å²) in [4.78, 5) is 8.91. The van der Waals surface area contributed by atoms with Gasteiger partial charge in [-0.1, -0.05) is 11.2 Å². The van der Waals surface area contributed by atoms with Crippen LogP contribution in [0.25, 0.3) is 0 Å². The molecule has 154 valence electrons. The molecular weight excluding hydrogens is 476 g/mol. The van der Waals surface area contributed by atoms with Crippen molar-refractivity contribution in [1.82, 2.24) is 20.3 Å². The van der Waals surface area contributed by atoms with Gasteiger partial charge in [-0.2, -0.15) is 0 Å². The molecule has 0 radical (unpaired) electrons. The van der Waals surface area contributed by atoms with Gasteiger partial charge in [-0.25, -0.2) is 4.39 Å². The van der Waals surface area contributed by atoms with E-state index in [0.29, 0.717) is 12.1 Å². The smallest absolute Gasteiger partial charge is 0.194 e. The second kappa shape index (κ2) is 10.7. The zero-order valence-electron chi connectivity index (χ0n) is 16.2. The third-order valence-corrected chi connectivity index (χ3v) is 4.68. The lowest BCUT2D eigenvalue weighted by atomic mass is 10.1. The number of benzene rings is 1. The molecular formula is C19H27FIN5O2. The number of rotatable bonds is 5. The van der Waals surface area contributed by atoms with Crippen molar-refractivity contribution in [3.05, 3.63) is 52.7 Å². The Morgan fingerprint density at radius 3 is 2.64 bits per heavy atom. The van der Waals surface area contributed by atoms with Crippen molar-refractivity contribution in [3.63, 3.8) is 0 Å². The Morgan fingerprint density at radius 1 is 1.29 bits per heavy atom. The lowest BCUT2D eigenvalue weighted by Crippen LogP contribution is -2.52. The molecule has 0 bridgehead atoms. The van der Waals surface area contributed by atoms with Crippen molar-refractivity contribution in [2.24, 2.45) is 4.99 Å². The number of nitrogens with zero attached hydrogens (tertiary/aromatic N) is 4. The van der Waals surface area contributed by atoms with Gasteiger partial charge in [0.25, 0.3) is 0 Å². The minimum Gasteiger partial charge on any atom is -0.392 e. The SMILES string of the molecule is CN=C(NCc1ccc(F)c(CO)c1)N1CCN(Cc2cc(C)on2)CC1.I. The van der Waals surface area contributed by atoms with Crippen LogP contribution in [0.1, 0.15) is 22.6 Å². The van der Waals surface area contributed by atoms with Gasteiger partial charge in [-0.05, 0) is 24.6 Å². The Morgan fingerprint density at radius 2 is 2.04 bits per heavy atom. The van der Waals surface area contributed by atoms with E-state index in [-0.39, 0.29) is 36.4 Å². The number of guanidine groups is 1. The predicted octanol–water partition coefficient (Wildman–Crippen LogP) is 2.13. The van der Waals surface area contributed by atoms with E-state index in [9.17, 15) is 9.50 Å². The van der Waals surface area contributed by atoms with Crippen LogP contribution in [0.5, 0.6) is 0 Å². The van der Waals surface area contributed by atoms with Crippen LogP contribution in [0.4, 0.5) is 4.39 Å². The molecule has 2 aromatic rings. The van der Waals surface area contributed by atoms with Crippen molar-refractivity contribution in [2.45, 2.75) is 26.6 Å². The van der Waals surface area contributed by atoms with Gasteiger partial charge in [0.15, 0.2) is 5.96 Å². The molecule has 1 aliphatic rings. The molecule has 0 spiro atoms. The Balaban J connectivity index is 0.00000280. The summed E-state index contributed by atoms with van der Waals surface area (Å²) in [6.07, 6.45) is 0. The van der Waals surface area contributed by atoms with E-state index in [1.807, 2.05) is 13.0 Å². The monoisotopic (exact) mass is 503 g/mol. The van der Waals surface area contributed by atoms with Gasteiger partial charge in [0.05, 0.1) is 12.3 Å². The molecule has 0 amide bonds. The lowest BCUT2D eigenvalue weighted by molar-refractivity contribution is 0.169. The summed E-state index contributed by atoms with van der Waals surface area (Å²) < 4.78 is 18.6. The zero-order valence-corrected chi connectivity index (χ0v) is 18.5. The molecule has 1 aromatic carbocycles. The van der Waals surface area contributed by atoms with Crippen molar-refractivity contribution >= 4 is 29.9 Å². The Hall–Kier alpha value is -1.72. The van der Waals surface area contributed by atoms with Gasteiger partial charge in [-0.3, -0.25) is 9.89 Å². The second-order valence-electron chi connectivity index (χ2n) is 6.68. The van der Waals surface area contributed by atoms with E-state index in [1.54, 1.807) is 19.2 Å². The maximum atomic E-state index is 13.5. The topological polar surface area (TPSA) is 77.1 Å². The number of aliphatic hydroxyl groups excluding tert-OH is 1. The normalized spacial score (nSPS) is 15.4. The fourth-order valence-electron chi connectivity index (χ4n) is 3.21. The first-order chi connectivity index (χ1) is 13.1. The zero-order chi connectivity index (χ0) is 19.2. The fourth-order valence-corrected chi connectivity index (χ4v) is 3.21. The highest BCUT2D eigenvalue weighted by atomic mass is 127. The maximum Gasteiger partial charge on any atom is 0.194 e. The standard InChI is InChI=1S/C19H26FN5O2.HI/c1-14-9-17(23-27-14)12-24-5-7-25(8-6-24)19(21-2)22-11-15-3-4-18(20)16(10-15)13-26;/h3-4,9-10,26H,5-8,11-13H2,1-2H3,(H,21,22);1H. The third-order valence-electron chi connectivity index (χ3n) is 4.68. The summed E-state index contributed by atoms with van der Waals surface area (Å²) in [6.45, 7) is 6.46. The molecule has 1 aromatic heterocycles. The van der Waals surface area contributed by atoms with Gasteiger partial charge >= 0.3 is 0 Å². The van der Waals surface area contributed by atoms with Crippen LogP contribution < -0.4 is 5.32 Å². The quantitative estimate of drug-likeness (QED) is 0.370. The molecule has 0 saturated carbocycles. The highest BCUT2D eigenvalue weighted by molar-refractivity contribution is 14.0. The van der Waals surface area contributed by atoms with E-state index >= 15 is 0 Å². The molecule has 2 heterocycles. The van der Waals surface area contributed by atoms with Crippen LogP contribution in [0.3, 0.4) is 0 Å². The summed E-state index contributed by atoms with van der Waals surface area (Å²) >= 11 is 0. The summed E-state index contributed by atoms with van der Waals surface area (Å²) in [5.41, 5.74) is 2.17. The highest BCUT2D eigenvalue weighted by Gasteiger charge is 2.20. The average Bonchev–Trinajstić information content (AvgIpc) is 3.09. The molecule has 28 heavy (non-hydrogen) atoms. The molecule has 1 aliphatic heterocycles. The van der Waals surface area contributed by atoms with Crippen LogP contribution in [-0.2, 0) is 19.7 Å². The summed E-state index contributed by atoms with van der Waals surface area (Å²) in [5, 5.41) is 16.6. The van der Waals surface area contributed by atoms with Gasteiger partial charge < -0.3 is 19.8 Å². The number of aromatic nitrogens is 1. The van der Waals surface area contributed by atoms with Crippen LogP contribution in [0.2, 0.25) is 0 Å². The lowest BCUT2D eigenvalue weighted by Gasteiger charge is -2.36. The minimum atomic E-state index is -0.385. The first-order valence-electron chi connectivity index (χ1n) is 9.07. The second-order valence-corrected chi connectivity index (χ2v) is 6.68. The van der Waals surface area contributed by atoms with E-state index in [1.165, 1.54) is 6.07 Å². The van der Waals surface area contributed by atoms with Crippen LogP contribution in [0, 0.1) is 12.7 Å². The number of nitrogens with one attached hydrogen (secondary N) is 1. The average molecular weight is 503 g/mol. The van der Waals surface area contributed by atoms with E-state index < -0.39 is 0 Å². The molecule has 1 saturated heterocycles. The Labute approximate surface area is 181 Å². The molecule has 0 unspecified atom stereocenters. The molecule has 9 heteroatoms. The number of hydrogen-bond acceptors (Lipinski definition) is 5. The molecule has 3 rings (SSSR count). The van der Waals surface area contributed by atoms with Gasteiger partial charge in [0.1, 0.15) is 11.6 Å². The van der Waals surface area contributed by atoms with Crippen molar-refractivity contribution in [3.8, 4) is 0 Å². The number of halogens is 2. The number of piperazine rings is 1. The number of aliphatic imine (C=N–C) groups is 1. The van der Waals surface area contributed by atoms with Crippen LogP contribution >= 0.6 is 24.0 Å². The number of aliphatic hydroxyl groups is 1. The van der Waals surface area contributed by atoms with E-state index in [2.05, 4.69) is 25.3 Å². The van der Waals surface area contributed by atoms with Crippen molar-refractivity contribution < 1.29 is 14.0 Å². The van der Waals surface area contributed by atoms with Crippen LogP contribution in [-0.4, -0.2) is 59.2 Å². The van der Waals surface area contributed by atoms with E-state index in [0.717, 1.165) is 55.7 Å². The van der Waals surface area contributed by atoms with Crippen LogP contribution in [0.15, 0.2) is 33.8 Å². The molecule has 0 aliphatic carbocycles. The number of aryl methyl sites for hydroxylation is 1. The van der Waals surface area contributed by atoms with Gasteiger partial charge in [0, 0.05) is 57.9 Å². The minimum absolute atomic E-state index is 0. The largest absolute Gasteiger partial charge is 0.392 e. The first-order valence-corrected chi connectivity index (χ1v) is 9.07. The summed E-state index contributed by atoms with van der Waals surface area (Å²) in [7, 11) is 1.76. The Kier molecular flexibility index (Phi) is 8.64. The van der Waals surface area contributed by atoms with Crippen molar-refractivity contribution in [1.29, 1.82) is 0 Å². The Bertz CT molecular complexity index is 790. The third kappa shape index (κ3) is 5.89. The van der Waals surface area contributed by atoms with Gasteiger partial charge in [0.2, 0.25) is 0 Å². The van der Waals surface area contributed by atoms with Crippen molar-refractivity contribution in [2.75, 3.05) is 33.2 Å². The first kappa shape index (κ1) is 22.6. The number of hydrogen-bond donors (Lipinski definition) is 2. The molecule has 2 N–H and O–H groups in total. The maximum absolute atomic E-state index is 13.5. The van der Waals surface area contributed by atoms with E-state index in [4.69, 9.17) is 4.52 Å². The fraction of sp³-hybridized carbons (Fsp3) is 0.474. The summed E-state index contributed by atoms with van der Waals surface area (Å²) in [5.74, 6) is 1.27. The van der Waals surface area contributed by atoms with Gasteiger partial charge in [-0.15, -0.1) is 24.0 Å².